The lowest BCUT2D eigenvalue weighted by Gasteiger charge is -2.32. The second kappa shape index (κ2) is 14.0. The molecule has 3 aromatic carbocycles. The van der Waals surface area contributed by atoms with E-state index in [9.17, 15) is 9.59 Å². The number of carbonyl (C=O) groups excluding carboxylic acids is 2. The minimum Gasteiger partial charge on any atom is -0.352 e. The highest BCUT2D eigenvalue weighted by atomic mass is 35.5. The fourth-order valence-corrected chi connectivity index (χ4v) is 4.37. The van der Waals surface area contributed by atoms with Gasteiger partial charge in [0.25, 0.3) is 0 Å². The quantitative estimate of drug-likeness (QED) is 0.282. The average Bonchev–Trinajstić information content (AvgIpc) is 2.91. The highest BCUT2D eigenvalue weighted by Crippen LogP contribution is 2.20. The minimum absolute atomic E-state index is 0.0257. The first-order valence-corrected chi connectivity index (χ1v) is 13.6. The molecule has 0 bridgehead atoms. The molecule has 0 aliphatic carbocycles. The van der Waals surface area contributed by atoms with Crippen molar-refractivity contribution in [3.05, 3.63) is 106 Å². The van der Waals surface area contributed by atoms with E-state index in [1.165, 1.54) is 5.56 Å². The van der Waals surface area contributed by atoms with E-state index in [0.717, 1.165) is 23.1 Å². The van der Waals surface area contributed by atoms with Crippen LogP contribution in [0.25, 0.3) is 0 Å². The van der Waals surface area contributed by atoms with Crippen LogP contribution in [0, 0.1) is 0 Å². The van der Waals surface area contributed by atoms with E-state index >= 15 is 0 Å². The fourth-order valence-electron chi connectivity index (χ4n) is 4.25. The van der Waals surface area contributed by atoms with Crippen LogP contribution in [0.15, 0.2) is 78.9 Å². The summed E-state index contributed by atoms with van der Waals surface area (Å²) in [4.78, 5) is 29.1. The van der Waals surface area contributed by atoms with Crippen LogP contribution in [0.3, 0.4) is 0 Å². The molecule has 1 N–H and O–H groups in total. The van der Waals surface area contributed by atoms with Gasteiger partial charge in [-0.05, 0) is 60.1 Å². The summed E-state index contributed by atoms with van der Waals surface area (Å²) in [5, 5.41) is 3.76. The molecule has 4 nitrogen and oxygen atoms in total. The molecule has 0 fully saturated rings. The van der Waals surface area contributed by atoms with Crippen molar-refractivity contribution < 1.29 is 9.59 Å². The summed E-state index contributed by atoms with van der Waals surface area (Å²) in [7, 11) is 0. The highest BCUT2D eigenvalue weighted by Gasteiger charge is 2.30. The van der Waals surface area contributed by atoms with Gasteiger partial charge in [0.15, 0.2) is 0 Å². The first-order valence-electron chi connectivity index (χ1n) is 13.2. The van der Waals surface area contributed by atoms with Gasteiger partial charge in [0.05, 0.1) is 0 Å². The average molecular weight is 519 g/mol. The zero-order valence-corrected chi connectivity index (χ0v) is 23.2. The number of nitrogens with one attached hydrogen (secondary N) is 1. The molecule has 0 aliphatic heterocycles. The normalized spacial score (nSPS) is 12.7. The van der Waals surface area contributed by atoms with Crippen LogP contribution >= 0.6 is 11.6 Å². The third-order valence-electron chi connectivity index (χ3n) is 6.81. The van der Waals surface area contributed by atoms with Crippen molar-refractivity contribution in [1.82, 2.24) is 10.2 Å². The van der Waals surface area contributed by atoms with Crippen molar-refractivity contribution in [3.63, 3.8) is 0 Å². The molecule has 0 unspecified atom stereocenters. The number of benzene rings is 3. The van der Waals surface area contributed by atoms with Crippen LogP contribution in [0.2, 0.25) is 5.02 Å². The van der Waals surface area contributed by atoms with Gasteiger partial charge in [-0.1, -0.05) is 99.1 Å². The van der Waals surface area contributed by atoms with E-state index in [-0.39, 0.29) is 17.9 Å². The summed E-state index contributed by atoms with van der Waals surface area (Å²) in [5.74, 6) is 0.304. The highest BCUT2D eigenvalue weighted by molar-refractivity contribution is 6.30. The molecular formula is C32H39ClN2O2. The van der Waals surface area contributed by atoms with Gasteiger partial charge in [0, 0.05) is 30.5 Å². The molecule has 0 aromatic heterocycles. The molecule has 2 amide bonds. The molecule has 0 radical (unpaired) electrons. The molecule has 196 valence electrons. The minimum atomic E-state index is -0.622. The second-order valence-corrected chi connectivity index (χ2v) is 10.5. The number of hydrogen-bond acceptors (Lipinski definition) is 2. The zero-order valence-electron chi connectivity index (χ0n) is 22.4. The predicted octanol–water partition coefficient (Wildman–Crippen LogP) is 6.95. The molecule has 0 saturated heterocycles. The third kappa shape index (κ3) is 8.75. The number of carbonyl (C=O) groups is 2. The molecule has 5 heteroatoms. The Kier molecular flexibility index (Phi) is 10.8. The van der Waals surface area contributed by atoms with Gasteiger partial charge >= 0.3 is 0 Å². The lowest BCUT2D eigenvalue weighted by Crippen LogP contribution is -2.52. The van der Waals surface area contributed by atoms with Crippen LogP contribution in [-0.2, 0) is 29.0 Å². The Morgan fingerprint density at radius 1 is 0.838 bits per heavy atom. The smallest absolute Gasteiger partial charge is 0.243 e. The molecule has 3 aromatic rings. The number of halogens is 1. The van der Waals surface area contributed by atoms with E-state index < -0.39 is 6.04 Å². The number of hydrogen-bond donors (Lipinski definition) is 1. The van der Waals surface area contributed by atoms with Gasteiger partial charge in [-0.3, -0.25) is 9.59 Å². The van der Waals surface area contributed by atoms with Crippen molar-refractivity contribution in [2.75, 3.05) is 0 Å². The van der Waals surface area contributed by atoms with Crippen molar-refractivity contribution >= 4 is 23.4 Å². The van der Waals surface area contributed by atoms with Gasteiger partial charge < -0.3 is 10.2 Å². The first-order chi connectivity index (χ1) is 17.8. The molecule has 3 rings (SSSR count). The van der Waals surface area contributed by atoms with Crippen LogP contribution in [-0.4, -0.2) is 28.8 Å². The van der Waals surface area contributed by atoms with Gasteiger partial charge in [-0.2, -0.15) is 0 Å². The van der Waals surface area contributed by atoms with Gasteiger partial charge in [-0.25, -0.2) is 0 Å². The van der Waals surface area contributed by atoms with Crippen LogP contribution < -0.4 is 5.32 Å². The predicted molar refractivity (Wildman–Crippen MR) is 153 cm³/mol. The summed E-state index contributed by atoms with van der Waals surface area (Å²) < 4.78 is 0. The maximum absolute atomic E-state index is 13.8. The molecule has 0 heterocycles. The Morgan fingerprint density at radius 3 is 2.05 bits per heavy atom. The monoisotopic (exact) mass is 518 g/mol. The topological polar surface area (TPSA) is 49.4 Å². The van der Waals surface area contributed by atoms with Gasteiger partial charge in [0.1, 0.15) is 6.04 Å². The molecule has 0 saturated carbocycles. The standard InChI is InChI=1S/C32H39ClN2O2/c1-5-24(4)34-32(37)30(21-26-9-7-6-8-10-26)35(22-27-13-18-29(33)19-14-27)31(36)20-15-25-11-16-28(17-12-25)23(2)3/h6-14,16-19,23-24,30H,5,15,20-22H2,1-4H3,(H,34,37)/t24-,30+/m1/s1. The van der Waals surface area contributed by atoms with Crippen LogP contribution in [0.4, 0.5) is 0 Å². The van der Waals surface area contributed by atoms with Crippen molar-refractivity contribution in [3.8, 4) is 0 Å². The van der Waals surface area contributed by atoms with Gasteiger partial charge in [0.2, 0.25) is 11.8 Å². The molecular weight excluding hydrogens is 480 g/mol. The first kappa shape index (κ1) is 28.5. The Bertz CT molecular complexity index is 1130. The number of rotatable bonds is 12. The van der Waals surface area contributed by atoms with Gasteiger partial charge in [-0.15, -0.1) is 0 Å². The molecule has 37 heavy (non-hydrogen) atoms. The Morgan fingerprint density at radius 2 is 1.46 bits per heavy atom. The second-order valence-electron chi connectivity index (χ2n) is 10.1. The molecule has 0 aliphatic rings. The lowest BCUT2D eigenvalue weighted by atomic mass is 9.99. The number of amides is 2. The van der Waals surface area contributed by atoms with E-state index in [0.29, 0.717) is 36.7 Å². The largest absolute Gasteiger partial charge is 0.352 e. The van der Waals surface area contributed by atoms with Crippen molar-refractivity contribution in [2.24, 2.45) is 0 Å². The summed E-state index contributed by atoms with van der Waals surface area (Å²) in [6.07, 6.45) is 2.22. The Labute approximate surface area is 227 Å². The Hall–Kier alpha value is -3.11. The summed E-state index contributed by atoms with van der Waals surface area (Å²) in [5.41, 5.74) is 4.36. The molecule has 2 atom stereocenters. The molecule has 0 spiro atoms. The Balaban J connectivity index is 1.88. The number of aryl methyl sites for hydroxylation is 1. The lowest BCUT2D eigenvalue weighted by molar-refractivity contribution is -0.141. The van der Waals surface area contributed by atoms with E-state index in [2.05, 4.69) is 43.4 Å². The summed E-state index contributed by atoms with van der Waals surface area (Å²) >= 11 is 6.11. The van der Waals surface area contributed by atoms with Crippen LogP contribution in [0.5, 0.6) is 0 Å². The van der Waals surface area contributed by atoms with Crippen molar-refractivity contribution in [2.45, 2.75) is 77.9 Å². The van der Waals surface area contributed by atoms with E-state index in [1.807, 2.05) is 68.4 Å². The van der Waals surface area contributed by atoms with E-state index in [4.69, 9.17) is 11.6 Å². The SMILES string of the molecule is CC[C@@H](C)NC(=O)[C@H](Cc1ccccc1)N(Cc1ccc(Cl)cc1)C(=O)CCc1ccc(C(C)C)cc1. The van der Waals surface area contributed by atoms with Crippen molar-refractivity contribution in [1.29, 1.82) is 0 Å². The maximum atomic E-state index is 13.8. The third-order valence-corrected chi connectivity index (χ3v) is 7.06. The summed E-state index contributed by atoms with van der Waals surface area (Å²) in [6.45, 7) is 8.71. The summed E-state index contributed by atoms with van der Waals surface area (Å²) in [6, 6.07) is 25.2. The zero-order chi connectivity index (χ0) is 26.8. The van der Waals surface area contributed by atoms with Crippen LogP contribution in [0.1, 0.15) is 68.7 Å². The van der Waals surface area contributed by atoms with E-state index in [1.54, 1.807) is 4.90 Å². The maximum Gasteiger partial charge on any atom is 0.243 e. The number of nitrogens with zero attached hydrogens (tertiary/aromatic N) is 1. The fraction of sp³-hybridized carbons (Fsp3) is 0.375.